The van der Waals surface area contributed by atoms with E-state index in [1.54, 1.807) is 6.07 Å². The van der Waals surface area contributed by atoms with Crippen LogP contribution in [0.25, 0.3) is 0 Å². The van der Waals surface area contributed by atoms with E-state index in [0.29, 0.717) is 6.42 Å². The number of fused-ring (bicyclic) bond motifs is 3. The molecule has 1 saturated heterocycles. The Labute approximate surface area is 117 Å². The second-order valence-corrected chi connectivity index (χ2v) is 5.79. The first-order chi connectivity index (χ1) is 9.66. The van der Waals surface area contributed by atoms with Crippen molar-refractivity contribution in [3.63, 3.8) is 0 Å². The number of anilines is 1. The molecule has 0 aromatic heterocycles. The van der Waals surface area contributed by atoms with Gasteiger partial charge in [0.15, 0.2) is 0 Å². The molecule has 0 radical (unpaired) electrons. The zero-order chi connectivity index (χ0) is 14.1. The Kier molecular flexibility index (Phi) is 3.59. The summed E-state index contributed by atoms with van der Waals surface area (Å²) < 4.78 is 13.4. The van der Waals surface area contributed by atoms with E-state index in [4.69, 9.17) is 0 Å². The van der Waals surface area contributed by atoms with Crippen LogP contribution < -0.4 is 4.90 Å². The maximum atomic E-state index is 13.4. The summed E-state index contributed by atoms with van der Waals surface area (Å²) in [4.78, 5) is 13.4. The van der Waals surface area contributed by atoms with Gasteiger partial charge in [-0.3, -0.25) is 10.1 Å². The van der Waals surface area contributed by atoms with E-state index in [1.165, 1.54) is 18.6 Å². The summed E-state index contributed by atoms with van der Waals surface area (Å²) >= 11 is 0. The Morgan fingerprint density at radius 2 is 2.05 bits per heavy atom. The van der Waals surface area contributed by atoms with Crippen LogP contribution in [0.2, 0.25) is 0 Å². The fraction of sp³-hybridized carbons (Fsp3) is 0.600. The SMILES string of the molecule is O=[N+]([O-])C1Cc2cc(F)ccc2N2CCCCCCC12. The number of rotatable bonds is 1. The lowest BCUT2D eigenvalue weighted by molar-refractivity contribution is -0.526. The lowest BCUT2D eigenvalue weighted by Crippen LogP contribution is -2.52. The van der Waals surface area contributed by atoms with Gasteiger partial charge in [0, 0.05) is 23.6 Å². The quantitative estimate of drug-likeness (QED) is 0.585. The van der Waals surface area contributed by atoms with Crippen molar-refractivity contribution in [2.24, 2.45) is 0 Å². The van der Waals surface area contributed by atoms with Gasteiger partial charge in [-0.15, -0.1) is 0 Å². The number of hydrogen-bond donors (Lipinski definition) is 0. The lowest BCUT2D eigenvalue weighted by Gasteiger charge is -2.41. The fourth-order valence-electron chi connectivity index (χ4n) is 3.58. The summed E-state index contributed by atoms with van der Waals surface area (Å²) in [5.74, 6) is -0.309. The van der Waals surface area contributed by atoms with Gasteiger partial charge in [0.25, 0.3) is 0 Å². The predicted octanol–water partition coefficient (Wildman–Crippen LogP) is 3.17. The molecule has 108 valence electrons. The van der Waals surface area contributed by atoms with E-state index in [1.807, 2.05) is 0 Å². The van der Waals surface area contributed by atoms with E-state index >= 15 is 0 Å². The highest BCUT2D eigenvalue weighted by molar-refractivity contribution is 5.57. The van der Waals surface area contributed by atoms with Crippen molar-refractivity contribution in [1.29, 1.82) is 0 Å². The highest BCUT2D eigenvalue weighted by Crippen LogP contribution is 2.35. The Hall–Kier alpha value is -1.65. The van der Waals surface area contributed by atoms with Gasteiger partial charge < -0.3 is 4.90 Å². The summed E-state index contributed by atoms with van der Waals surface area (Å²) in [5, 5.41) is 11.4. The number of nitrogens with zero attached hydrogens (tertiary/aromatic N) is 2. The summed E-state index contributed by atoms with van der Waals surface area (Å²) in [5.41, 5.74) is 1.78. The van der Waals surface area contributed by atoms with Crippen LogP contribution >= 0.6 is 0 Å². The molecule has 0 bridgehead atoms. The van der Waals surface area contributed by atoms with Crippen LogP contribution in [-0.4, -0.2) is 23.6 Å². The molecule has 0 spiro atoms. The number of benzene rings is 1. The zero-order valence-corrected chi connectivity index (χ0v) is 11.4. The van der Waals surface area contributed by atoms with Gasteiger partial charge in [0.1, 0.15) is 5.82 Å². The largest absolute Gasteiger partial charge is 0.361 e. The molecule has 4 nitrogen and oxygen atoms in total. The molecule has 2 aliphatic rings. The molecule has 0 amide bonds. The fourth-order valence-corrected chi connectivity index (χ4v) is 3.58. The first kappa shape index (κ1) is 13.3. The van der Waals surface area contributed by atoms with Gasteiger partial charge in [0.2, 0.25) is 6.04 Å². The van der Waals surface area contributed by atoms with Crippen molar-refractivity contribution < 1.29 is 9.31 Å². The van der Waals surface area contributed by atoms with Crippen molar-refractivity contribution >= 4 is 5.69 Å². The van der Waals surface area contributed by atoms with Crippen LogP contribution in [0.1, 0.15) is 37.7 Å². The van der Waals surface area contributed by atoms with Gasteiger partial charge in [-0.2, -0.15) is 0 Å². The normalized spacial score (nSPS) is 26.1. The van der Waals surface area contributed by atoms with E-state index in [-0.39, 0.29) is 16.8 Å². The van der Waals surface area contributed by atoms with E-state index in [9.17, 15) is 14.5 Å². The van der Waals surface area contributed by atoms with Crippen LogP contribution in [0, 0.1) is 15.9 Å². The van der Waals surface area contributed by atoms with Gasteiger partial charge in [-0.05, 0) is 36.6 Å². The Balaban J connectivity index is 2.01. The minimum atomic E-state index is -0.609. The highest BCUT2D eigenvalue weighted by Gasteiger charge is 2.41. The highest BCUT2D eigenvalue weighted by atomic mass is 19.1. The number of nitro groups is 1. The minimum Gasteiger partial charge on any atom is -0.361 e. The Bertz CT molecular complexity index is 521. The average molecular weight is 278 g/mol. The Morgan fingerprint density at radius 1 is 1.25 bits per heavy atom. The van der Waals surface area contributed by atoms with Crippen LogP contribution in [0.3, 0.4) is 0 Å². The number of halogens is 1. The van der Waals surface area contributed by atoms with Crippen LogP contribution in [0.5, 0.6) is 0 Å². The molecular weight excluding hydrogens is 259 g/mol. The van der Waals surface area contributed by atoms with Crippen molar-refractivity contribution in [1.82, 2.24) is 0 Å². The average Bonchev–Trinajstić information content (AvgIpc) is 2.37. The molecular formula is C15H19FN2O2. The molecule has 0 aliphatic carbocycles. The van der Waals surface area contributed by atoms with Gasteiger partial charge in [-0.1, -0.05) is 19.3 Å². The molecule has 2 unspecified atom stereocenters. The molecule has 0 saturated carbocycles. The number of hydrogen-bond acceptors (Lipinski definition) is 3. The van der Waals surface area contributed by atoms with Crippen molar-refractivity contribution in [2.75, 3.05) is 11.4 Å². The topological polar surface area (TPSA) is 46.4 Å². The van der Waals surface area contributed by atoms with Crippen LogP contribution in [0.4, 0.5) is 10.1 Å². The van der Waals surface area contributed by atoms with Gasteiger partial charge in [0.05, 0.1) is 6.04 Å². The van der Waals surface area contributed by atoms with Crippen LogP contribution in [-0.2, 0) is 6.42 Å². The van der Waals surface area contributed by atoms with Crippen LogP contribution in [0.15, 0.2) is 18.2 Å². The molecule has 2 atom stereocenters. The third kappa shape index (κ3) is 2.37. The predicted molar refractivity (Wildman–Crippen MR) is 75.1 cm³/mol. The molecule has 2 heterocycles. The monoisotopic (exact) mass is 278 g/mol. The van der Waals surface area contributed by atoms with Gasteiger partial charge >= 0.3 is 0 Å². The summed E-state index contributed by atoms with van der Waals surface area (Å²) in [6.45, 7) is 0.841. The van der Waals surface area contributed by atoms with Gasteiger partial charge in [-0.25, -0.2) is 4.39 Å². The first-order valence-corrected chi connectivity index (χ1v) is 7.35. The molecule has 2 aliphatic heterocycles. The summed E-state index contributed by atoms with van der Waals surface area (Å²) in [6.07, 6.45) is 5.64. The second-order valence-electron chi connectivity index (χ2n) is 5.79. The van der Waals surface area contributed by atoms with E-state index in [0.717, 1.165) is 43.5 Å². The molecule has 5 heteroatoms. The van der Waals surface area contributed by atoms with Crippen molar-refractivity contribution in [3.8, 4) is 0 Å². The first-order valence-electron chi connectivity index (χ1n) is 7.35. The van der Waals surface area contributed by atoms with Crippen molar-refractivity contribution in [3.05, 3.63) is 39.7 Å². The molecule has 0 N–H and O–H groups in total. The Morgan fingerprint density at radius 3 is 2.85 bits per heavy atom. The molecule has 3 rings (SSSR count). The maximum absolute atomic E-state index is 13.4. The van der Waals surface area contributed by atoms with E-state index < -0.39 is 6.04 Å². The zero-order valence-electron chi connectivity index (χ0n) is 11.4. The lowest BCUT2D eigenvalue weighted by atomic mass is 9.87. The smallest absolute Gasteiger partial charge is 0.237 e. The van der Waals surface area contributed by atoms with Crippen molar-refractivity contribution in [2.45, 2.75) is 50.6 Å². The summed E-state index contributed by atoms with van der Waals surface area (Å²) in [6, 6.07) is 4.06. The standard InChI is InChI=1S/C15H19FN2O2/c16-12-6-7-13-11(9-12)10-15(18(19)20)14-5-3-1-2-4-8-17(13)14/h6-7,9,14-15H,1-5,8,10H2. The molecule has 1 aromatic rings. The second kappa shape index (κ2) is 5.38. The third-order valence-electron chi connectivity index (χ3n) is 4.54. The molecule has 1 aromatic carbocycles. The summed E-state index contributed by atoms with van der Waals surface area (Å²) in [7, 11) is 0. The minimum absolute atomic E-state index is 0.0386. The maximum Gasteiger partial charge on any atom is 0.237 e. The van der Waals surface area contributed by atoms with E-state index in [2.05, 4.69) is 4.90 Å². The third-order valence-corrected chi connectivity index (χ3v) is 4.54. The molecule has 20 heavy (non-hydrogen) atoms. The molecule has 1 fully saturated rings.